The summed E-state index contributed by atoms with van der Waals surface area (Å²) in [5, 5.41) is 0. The van der Waals surface area contributed by atoms with Gasteiger partial charge in [0.2, 0.25) is 0 Å². The van der Waals surface area contributed by atoms with Crippen LogP contribution in [-0.4, -0.2) is 213 Å². The average Bonchev–Trinajstić information content (AvgIpc) is 3.07. The molecule has 6 rings (SSSR count). The Morgan fingerprint density at radius 2 is 0.238 bits per heavy atom. The molecule has 0 saturated carbocycles. The van der Waals surface area contributed by atoms with E-state index >= 15 is 0 Å². The molecule has 0 aromatic rings. The molecule has 84 heavy (non-hydrogen) atoms. The molecular weight excluding hydrogens is 1510 g/mol. The Hall–Kier alpha value is 4.09. The van der Waals surface area contributed by atoms with Gasteiger partial charge >= 0.3 is 141 Å². The number of hydrogen-bond donors (Lipinski definition) is 0. The maximum atomic E-state index is 7.74. The van der Waals surface area contributed by atoms with Gasteiger partial charge < -0.3 is 115 Å². The molecule has 6 fully saturated rings. The first-order valence-electron chi connectivity index (χ1n) is 27.4. The lowest BCUT2D eigenvalue weighted by Gasteiger charge is -2.60. The van der Waals surface area contributed by atoms with Crippen molar-refractivity contribution in [2.24, 2.45) is 0 Å². The third-order valence-corrected chi connectivity index (χ3v) is 86.1. The molecule has 0 aromatic heterocycles. The highest BCUT2D eigenvalue weighted by Gasteiger charge is 2.93. The van der Waals surface area contributed by atoms with Crippen LogP contribution in [0.15, 0.2) is 0 Å². The Labute approximate surface area is 533 Å². The molecule has 8 radical (unpaired) electrons. The van der Waals surface area contributed by atoms with Crippen molar-refractivity contribution in [1.29, 1.82) is 0 Å². The molecule has 0 N–H and O–H groups in total. The van der Waals surface area contributed by atoms with Gasteiger partial charge in [0.25, 0.3) is 0 Å². The molecule has 8 bridgehead atoms. The standard InChI is InChI=1S/C32H96O28Si24/c1-61(2)33-69(17,18)41-77-49-78(42-70(19,20)34-62(3)4)52-81(45-73(25,26)37-65(9)10)54-79(50-77,43-71(21,22)35-63(5)6)56-83(47-75(29,30)39-67(13)14)57-80(51-77,44-72(23,24)36-64(7)8)55-82(53-78,46-74(27,28)38-66(11)12)59-84(58-81,60-83)48-76(31,32)40-68(15)16/h1-32H3. The zero-order valence-electron chi connectivity index (χ0n) is 55.4. The van der Waals surface area contributed by atoms with Gasteiger partial charge in [-0.3, -0.25) is 0 Å². The van der Waals surface area contributed by atoms with E-state index in [2.05, 4.69) is 0 Å². The Morgan fingerprint density at radius 3 is 0.298 bits per heavy atom. The molecule has 28 nitrogen and oxygen atoms in total. The molecule has 0 spiro atoms. The molecule has 0 aliphatic carbocycles. The average molecular weight is 1600 g/mol. The third kappa shape index (κ3) is 23.1. The zero-order chi connectivity index (χ0) is 64.4. The second-order valence-electron chi connectivity index (χ2n) is 25.3. The van der Waals surface area contributed by atoms with E-state index in [4.69, 9.17) is 115 Å². The molecule has 0 aromatic carbocycles. The summed E-state index contributed by atoms with van der Waals surface area (Å²) in [5.41, 5.74) is 0. The van der Waals surface area contributed by atoms with Crippen LogP contribution in [0.1, 0.15) is 0 Å². The van der Waals surface area contributed by atoms with Crippen LogP contribution in [-0.2, 0) is 115 Å². The summed E-state index contributed by atoms with van der Waals surface area (Å²) in [5.74, 6) is 0. The van der Waals surface area contributed by atoms with E-state index in [0.717, 1.165) is 0 Å². The summed E-state index contributed by atoms with van der Waals surface area (Å²) >= 11 is 0. The minimum atomic E-state index is -5.62. The SMILES string of the molecule is C[Si](C)O[Si](C)(C)O[Si]12O[Si]3(O[Si](C)(C)O[Si](C)C)O[Si]4(O[Si](C)(C)O[Si](C)C)O[Si](O[Si](C)(C)O[Si](C)C)(O1)O[Si]1(O[Si](C)(C)O[Si](C)C)O[Si](O[Si](C)(C)O[Si](C)C)(O2)O[Si](O[Si](C)(C)O[Si](C)C)(O3)O[Si](O[Si](C)(C)O[Si](C)C)(O4)O1. The quantitative estimate of drug-likeness (QED) is 0.0586. The highest BCUT2D eigenvalue weighted by molar-refractivity contribution is 7.04. The van der Waals surface area contributed by atoms with E-state index in [9.17, 15) is 0 Å². The molecule has 6 aliphatic rings. The van der Waals surface area contributed by atoms with Crippen molar-refractivity contribution in [2.45, 2.75) is 210 Å². The lowest BCUT2D eigenvalue weighted by atomic mass is 11.9. The zero-order valence-corrected chi connectivity index (χ0v) is 79.4. The maximum Gasteiger partial charge on any atom is 0.653 e. The first-order chi connectivity index (χ1) is 37.5. The molecule has 6 saturated heterocycles. The number of rotatable bonds is 32. The van der Waals surface area contributed by atoms with E-state index in [-0.39, 0.29) is 0 Å². The van der Waals surface area contributed by atoms with Gasteiger partial charge in [0, 0.05) is 0 Å². The molecule has 0 amide bonds. The Bertz CT molecular complexity index is 1690. The van der Waals surface area contributed by atoms with Gasteiger partial charge in [-0.25, -0.2) is 0 Å². The van der Waals surface area contributed by atoms with Crippen LogP contribution in [0.5, 0.6) is 0 Å². The molecule has 52 heteroatoms. The lowest BCUT2D eigenvalue weighted by molar-refractivity contribution is -0.133. The summed E-state index contributed by atoms with van der Waals surface area (Å²) in [6, 6.07) is 0. The van der Waals surface area contributed by atoms with E-state index in [1.54, 1.807) is 0 Å². The first kappa shape index (κ1) is 78.8. The van der Waals surface area contributed by atoms with E-state index in [0.29, 0.717) is 0 Å². The van der Waals surface area contributed by atoms with Crippen molar-refractivity contribution in [3.8, 4) is 0 Å². The molecule has 6 aliphatic heterocycles. The van der Waals surface area contributed by atoms with Gasteiger partial charge in [0.15, 0.2) is 72.3 Å². The van der Waals surface area contributed by atoms with Crippen molar-refractivity contribution in [3.63, 3.8) is 0 Å². The van der Waals surface area contributed by atoms with E-state index in [1.807, 2.05) is 210 Å². The van der Waals surface area contributed by atoms with Crippen LogP contribution in [0, 0.1) is 0 Å². The fourth-order valence-corrected chi connectivity index (χ4v) is 105. The fraction of sp³-hybridized carbons (Fsp3) is 1.00. The molecule has 0 atom stereocenters. The van der Waals surface area contributed by atoms with E-state index in [1.165, 1.54) is 0 Å². The minimum absolute atomic E-state index is 1.57. The Kier molecular flexibility index (Phi) is 26.2. The van der Waals surface area contributed by atoms with Crippen LogP contribution in [0.4, 0.5) is 0 Å². The normalized spacial score (nSPS) is 32.3. The topological polar surface area (TPSA) is 258 Å². The Balaban J connectivity index is 2.22. The summed E-state index contributed by atoms with van der Waals surface area (Å²) in [6.07, 6.45) is 0. The summed E-state index contributed by atoms with van der Waals surface area (Å²) < 4.78 is 207. The first-order valence-corrected chi connectivity index (χ1v) is 82.3. The molecular formula is C32H96O28Si24. The lowest BCUT2D eigenvalue weighted by Crippen LogP contribution is -2.93. The summed E-state index contributed by atoms with van der Waals surface area (Å²) in [7, 11) is -87.1. The second-order valence-corrected chi connectivity index (χ2v) is 93.1. The van der Waals surface area contributed by atoms with Gasteiger partial charge in [-0.2, -0.15) is 0 Å². The van der Waals surface area contributed by atoms with Gasteiger partial charge in [-0.15, -0.1) is 0 Å². The predicted molar refractivity (Wildman–Crippen MR) is 356 cm³/mol. The number of hydrogen-bond acceptors (Lipinski definition) is 28. The van der Waals surface area contributed by atoms with Crippen molar-refractivity contribution in [1.82, 2.24) is 0 Å². The van der Waals surface area contributed by atoms with Crippen molar-refractivity contribution in [2.75, 3.05) is 0 Å². The van der Waals surface area contributed by atoms with Gasteiger partial charge in [-0.05, 0) is 210 Å². The minimum Gasteiger partial charge on any atom is -0.436 e. The highest BCUT2D eigenvalue weighted by atomic mass is 28.7. The molecule has 0 unspecified atom stereocenters. The second kappa shape index (κ2) is 27.9. The highest BCUT2D eigenvalue weighted by Crippen LogP contribution is 2.54. The smallest absolute Gasteiger partial charge is 0.436 e. The third-order valence-electron chi connectivity index (χ3n) is 9.57. The van der Waals surface area contributed by atoms with Gasteiger partial charge in [-0.1, -0.05) is 0 Å². The summed E-state index contributed by atoms with van der Waals surface area (Å²) in [6.45, 7) is 60.6. The summed E-state index contributed by atoms with van der Waals surface area (Å²) in [4.78, 5) is 0. The van der Waals surface area contributed by atoms with Crippen LogP contribution >= 0.6 is 0 Å². The fourth-order valence-electron chi connectivity index (χ4n) is 9.34. The van der Waals surface area contributed by atoms with Gasteiger partial charge in [0.05, 0.1) is 0 Å². The van der Waals surface area contributed by atoms with Crippen LogP contribution in [0.2, 0.25) is 210 Å². The Morgan fingerprint density at radius 1 is 0.167 bits per heavy atom. The van der Waals surface area contributed by atoms with Crippen LogP contribution in [0.3, 0.4) is 0 Å². The molecule has 6 heterocycles. The monoisotopic (exact) mass is 1600 g/mol. The van der Waals surface area contributed by atoms with Crippen LogP contribution < -0.4 is 0 Å². The van der Waals surface area contributed by atoms with Crippen molar-refractivity contribution < 1.29 is 115 Å². The van der Waals surface area contributed by atoms with Crippen molar-refractivity contribution >= 4 is 213 Å². The van der Waals surface area contributed by atoms with Crippen LogP contribution in [0.25, 0.3) is 0 Å². The van der Waals surface area contributed by atoms with Crippen molar-refractivity contribution in [3.05, 3.63) is 0 Å². The predicted octanol–water partition coefficient (Wildman–Crippen LogP) is 7.63. The van der Waals surface area contributed by atoms with Gasteiger partial charge in [0.1, 0.15) is 0 Å². The molecule has 488 valence electrons. The van der Waals surface area contributed by atoms with E-state index < -0.39 is 213 Å². The maximum absolute atomic E-state index is 7.74. The largest absolute Gasteiger partial charge is 0.653 e.